The number of piperazine rings is 1. The number of aliphatic hydroxyl groups excluding tert-OH is 1. The molecule has 4 aromatic rings. The molecule has 0 bridgehead atoms. The van der Waals surface area contributed by atoms with E-state index in [4.69, 9.17) is 4.42 Å². The lowest BCUT2D eigenvalue weighted by molar-refractivity contribution is -0.142. The van der Waals surface area contributed by atoms with Gasteiger partial charge in [-0.25, -0.2) is 4.98 Å². The van der Waals surface area contributed by atoms with Gasteiger partial charge in [-0.05, 0) is 42.0 Å². The molecule has 0 spiro atoms. The lowest BCUT2D eigenvalue weighted by atomic mass is 9.90. The second kappa shape index (κ2) is 13.2. The number of alkyl halides is 3. The van der Waals surface area contributed by atoms with Gasteiger partial charge in [-0.2, -0.15) is 18.2 Å². The minimum atomic E-state index is -4.89. The average molecular weight is 635 g/mol. The fourth-order valence-electron chi connectivity index (χ4n) is 5.86. The summed E-state index contributed by atoms with van der Waals surface area (Å²) in [5, 5.41) is 12.9. The molecule has 1 atom stereocenters. The van der Waals surface area contributed by atoms with Gasteiger partial charge in [0.25, 0.3) is 17.8 Å². The molecule has 10 nitrogen and oxygen atoms in total. The average Bonchev–Trinajstić information content (AvgIpc) is 3.56. The number of carbonyl (C=O) groups is 2. The summed E-state index contributed by atoms with van der Waals surface area (Å²) in [4.78, 5) is 39.0. The Labute approximate surface area is 263 Å². The van der Waals surface area contributed by atoms with Crippen molar-refractivity contribution in [2.45, 2.75) is 31.0 Å². The Morgan fingerprint density at radius 3 is 2.13 bits per heavy atom. The van der Waals surface area contributed by atoms with Gasteiger partial charge >= 0.3 is 6.18 Å². The van der Waals surface area contributed by atoms with Crippen LogP contribution in [0.15, 0.2) is 83.4 Å². The Morgan fingerprint density at radius 1 is 0.870 bits per heavy atom. The van der Waals surface area contributed by atoms with Crippen molar-refractivity contribution in [3.8, 4) is 0 Å². The standard InChI is InChI=1S/C33H33F3N6O4/c34-33(35,36)29-28(46-32(39-29)42-15-13-23(14-16-42)22-7-3-1-4-8-22)30(44)38-25-11-12-26(37-21-25)40-17-19-41(20-18-40)31(45)27(43)24-9-5-2-6-10-24/h1-12,21,23,27,43H,13-20H2,(H,38,44). The molecule has 0 radical (unpaired) electrons. The fourth-order valence-corrected chi connectivity index (χ4v) is 5.86. The van der Waals surface area contributed by atoms with Crippen LogP contribution in [0.3, 0.4) is 0 Å². The topological polar surface area (TPSA) is 115 Å². The number of halogens is 3. The van der Waals surface area contributed by atoms with E-state index in [1.54, 1.807) is 40.1 Å². The van der Waals surface area contributed by atoms with Crippen molar-refractivity contribution in [2.24, 2.45) is 0 Å². The van der Waals surface area contributed by atoms with Gasteiger partial charge in [0.05, 0.1) is 11.9 Å². The zero-order valence-electron chi connectivity index (χ0n) is 24.9. The van der Waals surface area contributed by atoms with Gasteiger partial charge in [0.15, 0.2) is 11.8 Å². The third kappa shape index (κ3) is 6.84. The lowest BCUT2D eigenvalue weighted by Crippen LogP contribution is -2.50. The van der Waals surface area contributed by atoms with Crippen LogP contribution < -0.4 is 15.1 Å². The van der Waals surface area contributed by atoms with Crippen molar-refractivity contribution in [1.82, 2.24) is 14.9 Å². The number of rotatable bonds is 7. The van der Waals surface area contributed by atoms with Gasteiger partial charge in [-0.1, -0.05) is 60.7 Å². The molecule has 4 heterocycles. The van der Waals surface area contributed by atoms with Crippen LogP contribution in [0.2, 0.25) is 0 Å². The summed E-state index contributed by atoms with van der Waals surface area (Å²) in [7, 11) is 0. The molecule has 2 aromatic heterocycles. The summed E-state index contributed by atoms with van der Waals surface area (Å²) in [6, 6.07) is 21.6. The number of oxazole rings is 1. The molecule has 6 rings (SSSR count). The number of hydrogen-bond acceptors (Lipinski definition) is 8. The Hall–Kier alpha value is -4.91. The van der Waals surface area contributed by atoms with E-state index in [1.807, 2.05) is 41.3 Å². The van der Waals surface area contributed by atoms with Crippen LogP contribution in [0, 0.1) is 0 Å². The van der Waals surface area contributed by atoms with Crippen LogP contribution in [0.4, 0.5) is 30.7 Å². The predicted molar refractivity (Wildman–Crippen MR) is 165 cm³/mol. The molecule has 0 aliphatic carbocycles. The van der Waals surface area contributed by atoms with Gasteiger partial charge in [-0.15, -0.1) is 0 Å². The maximum atomic E-state index is 13.9. The zero-order chi connectivity index (χ0) is 32.3. The van der Waals surface area contributed by atoms with E-state index in [0.29, 0.717) is 63.5 Å². The summed E-state index contributed by atoms with van der Waals surface area (Å²) in [5.41, 5.74) is 0.519. The Kier molecular flexibility index (Phi) is 8.93. The van der Waals surface area contributed by atoms with Crippen molar-refractivity contribution in [3.05, 3.63) is 102 Å². The van der Waals surface area contributed by atoms with E-state index in [2.05, 4.69) is 15.3 Å². The SMILES string of the molecule is O=C(Nc1ccc(N2CCN(C(=O)C(O)c3ccccc3)CC2)nc1)c1oc(N2CCC(c3ccccc3)CC2)nc1C(F)(F)F. The first kappa shape index (κ1) is 31.1. The van der Waals surface area contributed by atoms with Gasteiger partial charge in [0.1, 0.15) is 5.82 Å². The summed E-state index contributed by atoms with van der Waals surface area (Å²) in [5.74, 6) is -1.50. The minimum Gasteiger partial charge on any atom is -0.417 e. The Balaban J connectivity index is 1.06. The summed E-state index contributed by atoms with van der Waals surface area (Å²) in [6.45, 7) is 2.57. The molecular formula is C33H33F3N6O4. The van der Waals surface area contributed by atoms with Crippen LogP contribution in [0.1, 0.15) is 52.2 Å². The molecule has 2 amide bonds. The maximum Gasteiger partial charge on any atom is 0.437 e. The van der Waals surface area contributed by atoms with Crippen molar-refractivity contribution in [2.75, 3.05) is 54.4 Å². The van der Waals surface area contributed by atoms with Crippen molar-refractivity contribution >= 4 is 29.3 Å². The third-order valence-electron chi connectivity index (χ3n) is 8.40. The predicted octanol–water partition coefficient (Wildman–Crippen LogP) is 5.11. The first-order valence-electron chi connectivity index (χ1n) is 15.1. The number of benzene rings is 2. The quantitative estimate of drug-likeness (QED) is 0.289. The van der Waals surface area contributed by atoms with E-state index in [0.717, 1.165) is 0 Å². The first-order chi connectivity index (χ1) is 22.2. The number of anilines is 3. The van der Waals surface area contributed by atoms with Gasteiger partial charge in [0, 0.05) is 39.3 Å². The highest BCUT2D eigenvalue weighted by Gasteiger charge is 2.42. The van der Waals surface area contributed by atoms with Gasteiger partial charge < -0.3 is 29.5 Å². The summed E-state index contributed by atoms with van der Waals surface area (Å²) in [6.07, 6.45) is -3.34. The molecule has 13 heteroatoms. The van der Waals surface area contributed by atoms with Crippen molar-refractivity contribution < 1.29 is 32.3 Å². The van der Waals surface area contributed by atoms with E-state index in [1.165, 1.54) is 17.8 Å². The second-order valence-corrected chi connectivity index (χ2v) is 11.3. The zero-order valence-corrected chi connectivity index (χ0v) is 24.9. The number of nitrogens with one attached hydrogen (secondary N) is 1. The summed E-state index contributed by atoms with van der Waals surface area (Å²) >= 11 is 0. The molecule has 2 aromatic carbocycles. The van der Waals surface area contributed by atoms with Crippen LogP contribution in [-0.2, 0) is 11.0 Å². The number of piperidine rings is 1. The number of hydrogen-bond donors (Lipinski definition) is 2. The number of amides is 2. The molecule has 240 valence electrons. The molecule has 2 aliphatic heterocycles. The first-order valence-corrected chi connectivity index (χ1v) is 15.1. The van der Waals surface area contributed by atoms with Crippen molar-refractivity contribution in [3.63, 3.8) is 0 Å². The molecule has 46 heavy (non-hydrogen) atoms. The van der Waals surface area contributed by atoms with E-state index in [-0.39, 0.29) is 23.5 Å². The molecule has 1 unspecified atom stereocenters. The number of pyridine rings is 1. The number of nitrogens with zero attached hydrogens (tertiary/aromatic N) is 5. The van der Waals surface area contributed by atoms with Gasteiger partial charge in [-0.3, -0.25) is 9.59 Å². The van der Waals surface area contributed by atoms with Crippen LogP contribution >= 0.6 is 0 Å². The van der Waals surface area contributed by atoms with E-state index in [9.17, 15) is 27.9 Å². The van der Waals surface area contributed by atoms with Gasteiger partial charge in [0.2, 0.25) is 5.76 Å². The largest absolute Gasteiger partial charge is 0.437 e. The minimum absolute atomic E-state index is 0.184. The van der Waals surface area contributed by atoms with Crippen molar-refractivity contribution in [1.29, 1.82) is 0 Å². The van der Waals surface area contributed by atoms with E-state index >= 15 is 0 Å². The molecular weight excluding hydrogens is 601 g/mol. The van der Waals surface area contributed by atoms with Crippen LogP contribution in [0.5, 0.6) is 0 Å². The summed E-state index contributed by atoms with van der Waals surface area (Å²) < 4.78 is 47.2. The Morgan fingerprint density at radius 2 is 1.52 bits per heavy atom. The third-order valence-corrected chi connectivity index (χ3v) is 8.40. The monoisotopic (exact) mass is 634 g/mol. The molecule has 2 fully saturated rings. The number of carbonyl (C=O) groups excluding carboxylic acids is 2. The molecule has 0 saturated carbocycles. The van der Waals surface area contributed by atoms with Crippen LogP contribution in [0.25, 0.3) is 0 Å². The smallest absolute Gasteiger partial charge is 0.417 e. The molecule has 2 saturated heterocycles. The highest BCUT2D eigenvalue weighted by molar-refractivity contribution is 6.03. The second-order valence-electron chi connectivity index (χ2n) is 11.3. The highest BCUT2D eigenvalue weighted by atomic mass is 19.4. The van der Waals surface area contributed by atoms with E-state index < -0.39 is 29.6 Å². The fraction of sp³-hybridized carbons (Fsp3) is 0.333. The maximum absolute atomic E-state index is 13.9. The van der Waals surface area contributed by atoms with Crippen LogP contribution in [-0.4, -0.2) is 71.1 Å². The lowest BCUT2D eigenvalue weighted by Gasteiger charge is -2.36. The Bertz CT molecular complexity index is 1630. The normalized spacial score (nSPS) is 16.7. The molecule has 2 N–H and O–H groups in total. The number of aromatic nitrogens is 2. The molecule has 2 aliphatic rings. The highest BCUT2D eigenvalue weighted by Crippen LogP contribution is 2.36. The number of aliphatic hydroxyl groups is 1.